The molecule has 0 fully saturated rings. The van der Waals surface area contributed by atoms with E-state index in [1.54, 1.807) is 21.3 Å². The van der Waals surface area contributed by atoms with Gasteiger partial charge in [0.05, 0.1) is 0 Å². The molecule has 1 unspecified atom stereocenters. The lowest BCUT2D eigenvalue weighted by atomic mass is 10.2. The minimum absolute atomic E-state index is 0.288. The van der Waals surface area contributed by atoms with E-state index in [1.165, 1.54) is 12.8 Å². The summed E-state index contributed by atoms with van der Waals surface area (Å²) in [6.07, 6.45) is 3.42. The molecule has 0 radical (unpaired) electrons. The van der Waals surface area contributed by atoms with Gasteiger partial charge >= 0.3 is 8.80 Å². The first kappa shape index (κ1) is 15.9. The smallest absolute Gasteiger partial charge is 0.377 e. The van der Waals surface area contributed by atoms with Crippen LogP contribution in [0.25, 0.3) is 0 Å². The van der Waals surface area contributed by atoms with Crippen LogP contribution in [0, 0.1) is 0 Å². The van der Waals surface area contributed by atoms with Crippen molar-refractivity contribution in [2.45, 2.75) is 30.6 Å². The SMILES string of the molecule is CO[Si](CC(S)CCCCBr)(OC)OC. The van der Waals surface area contributed by atoms with Gasteiger partial charge in [0.15, 0.2) is 0 Å². The van der Waals surface area contributed by atoms with Gasteiger partial charge in [0.25, 0.3) is 0 Å². The molecule has 0 aromatic rings. The van der Waals surface area contributed by atoms with Crippen LogP contribution in [0.5, 0.6) is 0 Å². The second-order valence-electron chi connectivity index (χ2n) is 3.34. The first-order valence-electron chi connectivity index (χ1n) is 5.03. The van der Waals surface area contributed by atoms with Gasteiger partial charge in [-0.25, -0.2) is 0 Å². The third kappa shape index (κ3) is 6.28. The van der Waals surface area contributed by atoms with E-state index in [0.717, 1.165) is 17.8 Å². The molecule has 15 heavy (non-hydrogen) atoms. The summed E-state index contributed by atoms with van der Waals surface area (Å²) in [7, 11) is 2.48. The van der Waals surface area contributed by atoms with Crippen LogP contribution in [-0.4, -0.2) is 40.7 Å². The summed E-state index contributed by atoms with van der Waals surface area (Å²) in [5.41, 5.74) is 0. The summed E-state index contributed by atoms with van der Waals surface area (Å²) in [4.78, 5) is 0. The van der Waals surface area contributed by atoms with Gasteiger partial charge in [-0.1, -0.05) is 22.4 Å². The van der Waals surface area contributed by atoms with Crippen LogP contribution < -0.4 is 0 Å². The molecule has 0 spiro atoms. The Morgan fingerprint density at radius 2 is 1.67 bits per heavy atom. The van der Waals surface area contributed by atoms with Gasteiger partial charge in [0, 0.05) is 38.0 Å². The van der Waals surface area contributed by atoms with Gasteiger partial charge < -0.3 is 13.3 Å². The van der Waals surface area contributed by atoms with E-state index in [2.05, 4.69) is 28.6 Å². The maximum absolute atomic E-state index is 5.35. The molecule has 0 aliphatic rings. The monoisotopic (exact) mass is 316 g/mol. The van der Waals surface area contributed by atoms with Crippen LogP contribution in [0.2, 0.25) is 6.04 Å². The van der Waals surface area contributed by atoms with Crippen molar-refractivity contribution in [3.05, 3.63) is 0 Å². The highest BCUT2D eigenvalue weighted by molar-refractivity contribution is 9.09. The molecule has 0 saturated heterocycles. The Hall–Kier alpha value is 0.927. The van der Waals surface area contributed by atoms with Crippen molar-refractivity contribution >= 4 is 37.4 Å². The highest BCUT2D eigenvalue weighted by atomic mass is 79.9. The van der Waals surface area contributed by atoms with Crippen LogP contribution >= 0.6 is 28.6 Å². The van der Waals surface area contributed by atoms with E-state index in [9.17, 15) is 0 Å². The molecule has 0 aliphatic carbocycles. The topological polar surface area (TPSA) is 27.7 Å². The van der Waals surface area contributed by atoms with E-state index < -0.39 is 8.80 Å². The summed E-state index contributed by atoms with van der Waals surface area (Å²) >= 11 is 7.95. The average Bonchev–Trinajstić information content (AvgIpc) is 2.26. The number of rotatable bonds is 9. The van der Waals surface area contributed by atoms with Crippen molar-refractivity contribution in [2.24, 2.45) is 0 Å². The lowest BCUT2D eigenvalue weighted by Gasteiger charge is -2.26. The second-order valence-corrected chi connectivity index (χ2v) is 7.86. The van der Waals surface area contributed by atoms with Gasteiger partial charge in [0.1, 0.15) is 0 Å². The summed E-state index contributed by atoms with van der Waals surface area (Å²) in [6, 6.07) is 0.766. The number of hydrogen-bond donors (Lipinski definition) is 1. The molecule has 1 atom stereocenters. The van der Waals surface area contributed by atoms with E-state index in [1.807, 2.05) is 0 Å². The standard InChI is InChI=1S/C9H21BrO3SSi/c1-11-15(12-2,13-3)8-9(14)6-4-5-7-10/h9,14H,4-8H2,1-3H3. The number of unbranched alkanes of at least 4 members (excludes halogenated alkanes) is 1. The Bertz CT molecular complexity index is 150. The second kappa shape index (κ2) is 9.01. The van der Waals surface area contributed by atoms with E-state index in [-0.39, 0.29) is 5.25 Å². The molecule has 0 aromatic carbocycles. The van der Waals surface area contributed by atoms with Gasteiger partial charge in [0.2, 0.25) is 0 Å². The predicted molar refractivity (Wildman–Crippen MR) is 72.0 cm³/mol. The van der Waals surface area contributed by atoms with E-state index >= 15 is 0 Å². The molecular formula is C9H21BrO3SSi. The maximum Gasteiger partial charge on any atom is 0.501 e. The van der Waals surface area contributed by atoms with Gasteiger partial charge in [-0.3, -0.25) is 0 Å². The average molecular weight is 317 g/mol. The van der Waals surface area contributed by atoms with Crippen LogP contribution in [0.15, 0.2) is 0 Å². The summed E-state index contributed by atoms with van der Waals surface area (Å²) < 4.78 is 16.0. The molecular weight excluding hydrogens is 296 g/mol. The number of thiol groups is 1. The number of halogens is 1. The molecule has 0 N–H and O–H groups in total. The van der Waals surface area contributed by atoms with E-state index in [4.69, 9.17) is 13.3 Å². The molecule has 0 rings (SSSR count). The molecule has 0 aromatic heterocycles. The third-order valence-electron chi connectivity index (χ3n) is 2.34. The normalized spacial score (nSPS) is 14.2. The molecule has 3 nitrogen and oxygen atoms in total. The van der Waals surface area contributed by atoms with Crippen LogP contribution in [0.3, 0.4) is 0 Å². The van der Waals surface area contributed by atoms with Crippen molar-refractivity contribution in [2.75, 3.05) is 26.7 Å². The highest BCUT2D eigenvalue weighted by Crippen LogP contribution is 2.22. The Labute approximate surface area is 108 Å². The molecule has 0 aliphatic heterocycles. The lowest BCUT2D eigenvalue weighted by molar-refractivity contribution is 0.123. The zero-order valence-electron chi connectivity index (χ0n) is 9.66. The minimum atomic E-state index is -2.43. The fourth-order valence-electron chi connectivity index (χ4n) is 1.37. The summed E-state index contributed by atoms with van der Waals surface area (Å²) in [6.45, 7) is 0. The van der Waals surface area contributed by atoms with Crippen LogP contribution in [0.4, 0.5) is 0 Å². The Kier molecular flexibility index (Phi) is 9.57. The van der Waals surface area contributed by atoms with Gasteiger partial charge in [-0.2, -0.15) is 12.6 Å². The van der Waals surface area contributed by atoms with Crippen LogP contribution in [0.1, 0.15) is 19.3 Å². The Morgan fingerprint density at radius 1 is 1.13 bits per heavy atom. The molecule has 92 valence electrons. The molecule has 0 bridgehead atoms. The van der Waals surface area contributed by atoms with Crippen molar-refractivity contribution in [1.29, 1.82) is 0 Å². The van der Waals surface area contributed by atoms with E-state index in [0.29, 0.717) is 0 Å². The fourth-order valence-corrected chi connectivity index (χ4v) is 4.40. The zero-order chi connectivity index (χ0) is 11.7. The molecule has 0 heterocycles. The minimum Gasteiger partial charge on any atom is -0.377 e. The quantitative estimate of drug-likeness (QED) is 0.307. The largest absolute Gasteiger partial charge is 0.501 e. The summed E-state index contributed by atoms with van der Waals surface area (Å²) in [5.74, 6) is 0. The zero-order valence-corrected chi connectivity index (χ0v) is 13.1. The highest BCUT2D eigenvalue weighted by Gasteiger charge is 2.39. The summed E-state index contributed by atoms with van der Waals surface area (Å²) in [5, 5.41) is 1.34. The van der Waals surface area contributed by atoms with Gasteiger partial charge in [-0.15, -0.1) is 0 Å². The first-order valence-corrected chi connectivity index (χ1v) is 8.60. The van der Waals surface area contributed by atoms with Gasteiger partial charge in [-0.05, 0) is 12.8 Å². The number of alkyl halides is 1. The lowest BCUT2D eigenvalue weighted by Crippen LogP contribution is -2.44. The maximum atomic E-state index is 5.35. The molecule has 6 heteroatoms. The third-order valence-corrected chi connectivity index (χ3v) is 6.54. The van der Waals surface area contributed by atoms with Crippen molar-refractivity contribution in [3.63, 3.8) is 0 Å². The Balaban J connectivity index is 3.94. The van der Waals surface area contributed by atoms with Crippen molar-refractivity contribution < 1.29 is 13.3 Å². The molecule has 0 saturated carbocycles. The number of hydrogen-bond acceptors (Lipinski definition) is 4. The van der Waals surface area contributed by atoms with Crippen molar-refractivity contribution in [3.8, 4) is 0 Å². The predicted octanol–water partition coefficient (Wildman–Crippen LogP) is 2.73. The first-order chi connectivity index (χ1) is 7.14. The Morgan fingerprint density at radius 3 is 2.07 bits per heavy atom. The van der Waals surface area contributed by atoms with Crippen molar-refractivity contribution in [1.82, 2.24) is 0 Å². The molecule has 0 amide bonds. The van der Waals surface area contributed by atoms with Crippen LogP contribution in [-0.2, 0) is 13.3 Å². The fraction of sp³-hybridized carbons (Fsp3) is 1.00.